The van der Waals surface area contributed by atoms with Crippen LogP contribution in [0.3, 0.4) is 0 Å². The number of rotatable bonds is 7. The molecular formula is C16H30ClN3O3S. The summed E-state index contributed by atoms with van der Waals surface area (Å²) in [4.78, 5) is 26.2. The molecule has 2 fully saturated rings. The first kappa shape index (κ1) is 21.5. The summed E-state index contributed by atoms with van der Waals surface area (Å²) in [6, 6.07) is 0. The molecule has 0 radical (unpaired) electrons. The lowest BCUT2D eigenvalue weighted by Gasteiger charge is -2.32. The molecule has 2 saturated heterocycles. The van der Waals surface area contributed by atoms with Crippen molar-refractivity contribution in [3.05, 3.63) is 0 Å². The van der Waals surface area contributed by atoms with E-state index in [2.05, 4.69) is 5.32 Å². The zero-order valence-electron chi connectivity index (χ0n) is 14.2. The molecule has 6 nitrogen and oxygen atoms in total. The van der Waals surface area contributed by atoms with Crippen LogP contribution < -0.4 is 11.1 Å². The fourth-order valence-electron chi connectivity index (χ4n) is 3.07. The fourth-order valence-corrected chi connectivity index (χ4v) is 4.07. The second-order valence-corrected chi connectivity index (χ2v) is 7.29. The number of amides is 2. The maximum Gasteiger partial charge on any atom is 0.232 e. The number of thioether (sulfide) groups is 1. The van der Waals surface area contributed by atoms with E-state index in [1.54, 1.807) is 11.8 Å². The van der Waals surface area contributed by atoms with Gasteiger partial charge in [-0.1, -0.05) is 0 Å². The molecule has 0 aliphatic carbocycles. The highest BCUT2D eigenvalue weighted by molar-refractivity contribution is 7.99. The minimum absolute atomic E-state index is 0. The predicted octanol–water partition coefficient (Wildman–Crippen LogP) is 1.02. The molecular weight excluding hydrogens is 350 g/mol. The van der Waals surface area contributed by atoms with E-state index in [1.165, 1.54) is 6.42 Å². The zero-order valence-corrected chi connectivity index (χ0v) is 15.8. The molecule has 0 spiro atoms. The van der Waals surface area contributed by atoms with Gasteiger partial charge >= 0.3 is 0 Å². The molecule has 140 valence electrons. The van der Waals surface area contributed by atoms with Gasteiger partial charge in [-0.25, -0.2) is 0 Å². The van der Waals surface area contributed by atoms with Crippen molar-refractivity contribution in [2.24, 2.45) is 11.7 Å². The normalized spacial score (nSPS) is 24.1. The molecule has 0 aromatic rings. The number of hydrogen-bond donors (Lipinski definition) is 2. The third-order valence-electron chi connectivity index (χ3n) is 4.39. The van der Waals surface area contributed by atoms with Crippen molar-refractivity contribution in [3.8, 4) is 0 Å². The molecule has 2 heterocycles. The average Bonchev–Trinajstić information content (AvgIpc) is 2.60. The van der Waals surface area contributed by atoms with Gasteiger partial charge in [-0.2, -0.15) is 0 Å². The van der Waals surface area contributed by atoms with Crippen molar-refractivity contribution in [1.29, 1.82) is 0 Å². The second kappa shape index (κ2) is 12.0. The topological polar surface area (TPSA) is 84.7 Å². The number of likely N-dealkylation sites (tertiary alicyclic amines) is 1. The minimum Gasteiger partial charge on any atom is -0.377 e. The summed E-state index contributed by atoms with van der Waals surface area (Å²) >= 11 is 1.65. The molecule has 2 aliphatic heterocycles. The molecule has 3 N–H and O–H groups in total. The van der Waals surface area contributed by atoms with Crippen LogP contribution in [0.25, 0.3) is 0 Å². The van der Waals surface area contributed by atoms with Crippen LogP contribution in [0.1, 0.15) is 32.1 Å². The van der Waals surface area contributed by atoms with E-state index in [-0.39, 0.29) is 30.1 Å². The lowest BCUT2D eigenvalue weighted by Crippen LogP contribution is -2.46. The summed E-state index contributed by atoms with van der Waals surface area (Å²) in [5.74, 6) is 1.45. The summed E-state index contributed by atoms with van der Waals surface area (Å²) in [6.45, 7) is 3.10. The molecule has 2 unspecified atom stereocenters. The van der Waals surface area contributed by atoms with E-state index in [9.17, 15) is 9.59 Å². The average molecular weight is 380 g/mol. The third-order valence-corrected chi connectivity index (χ3v) is 5.45. The molecule has 0 aromatic carbocycles. The standard InChI is InChI=1S/C16H29N3O3S.ClH/c17-6-7-18-16(21)13-4-3-8-19(10-13)15(20)12-23-11-14-5-1-2-9-22-14;/h13-14H,1-12,17H2,(H,18,21);1H. The van der Waals surface area contributed by atoms with Crippen molar-refractivity contribution in [2.45, 2.75) is 38.2 Å². The molecule has 2 atom stereocenters. The monoisotopic (exact) mass is 379 g/mol. The first-order valence-corrected chi connectivity index (χ1v) is 9.81. The van der Waals surface area contributed by atoms with Gasteiger partial charge in [-0.15, -0.1) is 24.2 Å². The number of nitrogens with two attached hydrogens (primary N) is 1. The highest BCUT2D eigenvalue weighted by Crippen LogP contribution is 2.20. The van der Waals surface area contributed by atoms with E-state index in [4.69, 9.17) is 10.5 Å². The van der Waals surface area contributed by atoms with Gasteiger partial charge in [0, 0.05) is 38.5 Å². The molecule has 0 aromatic heterocycles. The van der Waals surface area contributed by atoms with Gasteiger partial charge in [-0.3, -0.25) is 9.59 Å². The number of halogens is 1. The van der Waals surface area contributed by atoms with Gasteiger partial charge in [0.15, 0.2) is 0 Å². The smallest absolute Gasteiger partial charge is 0.232 e. The Morgan fingerprint density at radius 1 is 1.25 bits per heavy atom. The lowest BCUT2D eigenvalue weighted by molar-refractivity contribution is -0.133. The van der Waals surface area contributed by atoms with Gasteiger partial charge < -0.3 is 20.7 Å². The molecule has 2 rings (SSSR count). The minimum atomic E-state index is -0.0917. The van der Waals surface area contributed by atoms with Crippen molar-refractivity contribution in [1.82, 2.24) is 10.2 Å². The Labute approximate surface area is 155 Å². The Morgan fingerprint density at radius 2 is 2.08 bits per heavy atom. The number of ether oxygens (including phenoxy) is 1. The number of nitrogens with zero attached hydrogens (tertiary/aromatic N) is 1. The molecule has 8 heteroatoms. The van der Waals surface area contributed by atoms with Crippen LogP contribution in [-0.4, -0.2) is 67.1 Å². The number of hydrogen-bond acceptors (Lipinski definition) is 5. The van der Waals surface area contributed by atoms with Gasteiger partial charge in [0.25, 0.3) is 0 Å². The van der Waals surface area contributed by atoms with Crippen molar-refractivity contribution < 1.29 is 14.3 Å². The van der Waals surface area contributed by atoms with Crippen LogP contribution in [0.2, 0.25) is 0 Å². The Hall–Kier alpha value is -0.500. The van der Waals surface area contributed by atoms with E-state index in [1.807, 2.05) is 4.90 Å². The summed E-state index contributed by atoms with van der Waals surface area (Å²) in [5, 5.41) is 2.82. The Balaban J connectivity index is 0.00000288. The number of carbonyl (C=O) groups is 2. The fraction of sp³-hybridized carbons (Fsp3) is 0.875. The molecule has 2 aliphatic rings. The van der Waals surface area contributed by atoms with Crippen LogP contribution in [0.4, 0.5) is 0 Å². The second-order valence-electron chi connectivity index (χ2n) is 6.26. The molecule has 0 saturated carbocycles. The van der Waals surface area contributed by atoms with Crippen molar-refractivity contribution in [3.63, 3.8) is 0 Å². The van der Waals surface area contributed by atoms with Crippen LogP contribution in [0.15, 0.2) is 0 Å². The maximum atomic E-state index is 12.3. The van der Waals surface area contributed by atoms with Gasteiger partial charge in [0.1, 0.15) is 0 Å². The van der Waals surface area contributed by atoms with E-state index < -0.39 is 0 Å². The number of nitrogens with one attached hydrogen (secondary N) is 1. The highest BCUT2D eigenvalue weighted by Gasteiger charge is 2.28. The first-order valence-electron chi connectivity index (χ1n) is 8.65. The largest absolute Gasteiger partial charge is 0.377 e. The summed E-state index contributed by atoms with van der Waals surface area (Å²) in [7, 11) is 0. The zero-order chi connectivity index (χ0) is 16.5. The highest BCUT2D eigenvalue weighted by atomic mass is 35.5. The summed E-state index contributed by atoms with van der Waals surface area (Å²) in [6.07, 6.45) is 5.53. The Kier molecular flexibility index (Phi) is 10.7. The maximum absolute atomic E-state index is 12.3. The van der Waals surface area contributed by atoms with Crippen LogP contribution in [0.5, 0.6) is 0 Å². The van der Waals surface area contributed by atoms with Gasteiger partial charge in [0.2, 0.25) is 11.8 Å². The first-order chi connectivity index (χ1) is 11.2. The summed E-state index contributed by atoms with van der Waals surface area (Å²) < 4.78 is 5.68. The SMILES string of the molecule is Cl.NCCNC(=O)C1CCCN(C(=O)CSCC2CCCCO2)C1. The number of piperidine rings is 1. The third kappa shape index (κ3) is 7.17. The van der Waals surface area contributed by atoms with Gasteiger partial charge in [-0.05, 0) is 32.1 Å². The van der Waals surface area contributed by atoms with Crippen LogP contribution >= 0.6 is 24.2 Å². The molecule has 0 bridgehead atoms. The Morgan fingerprint density at radius 3 is 2.79 bits per heavy atom. The molecule has 2 amide bonds. The van der Waals surface area contributed by atoms with E-state index in [0.717, 1.165) is 44.6 Å². The summed E-state index contributed by atoms with van der Waals surface area (Å²) in [5.41, 5.74) is 5.41. The predicted molar refractivity (Wildman–Crippen MR) is 99.5 cm³/mol. The lowest BCUT2D eigenvalue weighted by atomic mass is 9.97. The Bertz CT molecular complexity index is 395. The van der Waals surface area contributed by atoms with Crippen LogP contribution in [-0.2, 0) is 14.3 Å². The van der Waals surface area contributed by atoms with Crippen LogP contribution in [0, 0.1) is 5.92 Å². The quantitative estimate of drug-likeness (QED) is 0.690. The van der Waals surface area contributed by atoms with E-state index >= 15 is 0 Å². The number of carbonyl (C=O) groups excluding carboxylic acids is 2. The van der Waals surface area contributed by atoms with E-state index in [0.29, 0.717) is 31.5 Å². The van der Waals surface area contributed by atoms with Crippen molar-refractivity contribution in [2.75, 3.05) is 44.3 Å². The van der Waals surface area contributed by atoms with Crippen molar-refractivity contribution >= 4 is 36.0 Å². The van der Waals surface area contributed by atoms with Gasteiger partial charge in [0.05, 0.1) is 17.8 Å². The molecule has 24 heavy (non-hydrogen) atoms.